The highest BCUT2D eigenvalue weighted by Crippen LogP contribution is 2.30. The zero-order valence-corrected chi connectivity index (χ0v) is 22.8. The number of aliphatic hydroxyl groups excluding tert-OH is 5. The van der Waals surface area contributed by atoms with E-state index < -0.39 is 60.2 Å². The molecular formula is C25H41NO10S. The molecular weight excluding hydrogens is 506 g/mol. The van der Waals surface area contributed by atoms with Crippen LogP contribution in [0.5, 0.6) is 0 Å². The average molecular weight is 548 g/mol. The largest absolute Gasteiger partial charge is 0.488 e. The minimum Gasteiger partial charge on any atom is -0.488 e. The summed E-state index contributed by atoms with van der Waals surface area (Å²) >= 11 is 0.997. The van der Waals surface area contributed by atoms with Crippen LogP contribution in [0.3, 0.4) is 0 Å². The van der Waals surface area contributed by atoms with E-state index in [4.69, 9.17) is 14.2 Å². The van der Waals surface area contributed by atoms with Gasteiger partial charge in [-0.05, 0) is 37.8 Å². The zero-order valence-electron chi connectivity index (χ0n) is 21.9. The molecule has 0 radical (unpaired) electrons. The van der Waals surface area contributed by atoms with E-state index in [1.54, 1.807) is 13.8 Å². The second kappa shape index (κ2) is 13.8. The Balaban J connectivity index is 2.31. The first-order chi connectivity index (χ1) is 17.1. The predicted molar refractivity (Wildman–Crippen MR) is 137 cm³/mol. The second-order valence-electron chi connectivity index (χ2n) is 10.7. The Morgan fingerprint density at radius 3 is 2.16 bits per heavy atom. The number of aliphatic hydroxyl groups is 5. The standard InChI is InChI=1S/C25H41NO10S/c1-13(2)26-23(32)36-22-12-18(30)17(29)9-15(28)10-21(22)35-20-11-16(7-6-14(27)8-19(20)31)34-24(33)37-25(3,4)5/h6-7,10,13-20,22,27-31H,8-9,11-12H2,1-5H3,(H,26,32)/b7-6+,21-10-. The maximum absolute atomic E-state index is 12.4. The van der Waals surface area contributed by atoms with Crippen molar-refractivity contribution in [3.05, 3.63) is 24.0 Å². The minimum atomic E-state index is -1.33. The van der Waals surface area contributed by atoms with Gasteiger partial charge in [0.25, 0.3) is 0 Å². The third-order valence-corrected chi connectivity index (χ3v) is 6.44. The molecule has 212 valence electrons. The molecule has 6 N–H and O–H groups in total. The van der Waals surface area contributed by atoms with Crippen LogP contribution < -0.4 is 5.32 Å². The van der Waals surface area contributed by atoms with E-state index >= 15 is 0 Å². The number of thioether (sulfide) groups is 1. The normalized spacial score (nSPS) is 35.6. The van der Waals surface area contributed by atoms with Crippen molar-refractivity contribution in [2.24, 2.45) is 0 Å². The maximum atomic E-state index is 12.4. The number of ether oxygens (including phenoxy) is 3. The van der Waals surface area contributed by atoms with Crippen LogP contribution in [0.4, 0.5) is 9.59 Å². The molecule has 0 aromatic rings. The molecule has 0 aromatic carbocycles. The Morgan fingerprint density at radius 2 is 1.54 bits per heavy atom. The molecule has 1 amide bonds. The van der Waals surface area contributed by atoms with Crippen LogP contribution in [-0.2, 0) is 14.2 Å². The van der Waals surface area contributed by atoms with E-state index in [1.807, 2.05) is 20.8 Å². The second-order valence-corrected chi connectivity index (χ2v) is 12.5. The van der Waals surface area contributed by atoms with Gasteiger partial charge in [0.15, 0.2) is 6.10 Å². The fourth-order valence-electron chi connectivity index (χ4n) is 3.86. The topological polar surface area (TPSA) is 175 Å². The number of alkyl carbamates (subject to hydrolysis) is 1. The molecule has 8 unspecified atom stereocenters. The molecule has 0 heterocycles. The van der Waals surface area contributed by atoms with E-state index in [0.29, 0.717) is 0 Å². The van der Waals surface area contributed by atoms with Gasteiger partial charge in [0.1, 0.15) is 18.0 Å². The molecule has 37 heavy (non-hydrogen) atoms. The van der Waals surface area contributed by atoms with Crippen LogP contribution in [0, 0.1) is 0 Å². The summed E-state index contributed by atoms with van der Waals surface area (Å²) < 4.78 is 16.7. The summed E-state index contributed by atoms with van der Waals surface area (Å²) in [5.74, 6) is -0.0328. The highest BCUT2D eigenvalue weighted by Gasteiger charge is 2.36. The Bertz CT molecular complexity index is 827. The van der Waals surface area contributed by atoms with Crippen LogP contribution in [0.2, 0.25) is 0 Å². The summed E-state index contributed by atoms with van der Waals surface area (Å²) in [5, 5.41) is 54.0. The summed E-state index contributed by atoms with van der Waals surface area (Å²) in [6, 6.07) is -0.238. The average Bonchev–Trinajstić information content (AvgIpc) is 2.72. The van der Waals surface area contributed by atoms with Crippen LogP contribution in [0.15, 0.2) is 24.0 Å². The number of rotatable bonds is 5. The van der Waals surface area contributed by atoms with Gasteiger partial charge in [0.2, 0.25) is 0 Å². The Hall–Kier alpha value is -1.83. The summed E-state index contributed by atoms with van der Waals surface area (Å²) in [4.78, 5) is 24.8. The van der Waals surface area contributed by atoms with E-state index in [2.05, 4.69) is 5.32 Å². The number of nitrogens with one attached hydrogen (secondary N) is 1. The number of amides is 1. The molecule has 2 rings (SSSR count). The van der Waals surface area contributed by atoms with Gasteiger partial charge in [0, 0.05) is 36.5 Å². The van der Waals surface area contributed by atoms with Crippen molar-refractivity contribution in [3.63, 3.8) is 0 Å². The van der Waals surface area contributed by atoms with Crippen molar-refractivity contribution in [2.75, 3.05) is 0 Å². The van der Waals surface area contributed by atoms with Crippen molar-refractivity contribution in [2.45, 2.75) is 120 Å². The number of carbonyl (C=O) groups is 2. The lowest BCUT2D eigenvalue weighted by molar-refractivity contribution is -0.0768. The van der Waals surface area contributed by atoms with Crippen molar-refractivity contribution in [1.29, 1.82) is 0 Å². The third-order valence-electron chi connectivity index (χ3n) is 5.56. The zero-order chi connectivity index (χ0) is 27.9. The first kappa shape index (κ1) is 31.4. The van der Waals surface area contributed by atoms with Crippen LogP contribution in [-0.4, -0.2) is 96.5 Å². The lowest BCUT2D eigenvalue weighted by atomic mass is 9.94. The van der Waals surface area contributed by atoms with E-state index in [-0.39, 0.29) is 42.2 Å². The summed E-state index contributed by atoms with van der Waals surface area (Å²) in [7, 11) is 0. The molecule has 2 aliphatic carbocycles. The fourth-order valence-corrected chi connectivity index (χ4v) is 4.54. The quantitative estimate of drug-likeness (QED) is 0.218. The predicted octanol–water partition coefficient (Wildman–Crippen LogP) is 1.74. The van der Waals surface area contributed by atoms with Gasteiger partial charge in [-0.15, -0.1) is 0 Å². The molecule has 2 aliphatic rings. The van der Waals surface area contributed by atoms with Gasteiger partial charge < -0.3 is 45.1 Å². The molecule has 11 nitrogen and oxygen atoms in total. The van der Waals surface area contributed by atoms with Crippen molar-refractivity contribution < 1.29 is 49.3 Å². The highest BCUT2D eigenvalue weighted by molar-refractivity contribution is 8.14. The van der Waals surface area contributed by atoms with Crippen molar-refractivity contribution >= 4 is 23.2 Å². The number of hydrogen-bond acceptors (Lipinski definition) is 11. The van der Waals surface area contributed by atoms with Crippen molar-refractivity contribution in [3.8, 4) is 0 Å². The lowest BCUT2D eigenvalue weighted by Crippen LogP contribution is -2.43. The highest BCUT2D eigenvalue weighted by atomic mass is 32.2. The minimum absolute atomic E-state index is 0.00432. The maximum Gasteiger partial charge on any atom is 0.408 e. The number of hydrogen-bond donors (Lipinski definition) is 6. The van der Waals surface area contributed by atoms with Gasteiger partial charge in [-0.25, -0.2) is 9.59 Å². The Morgan fingerprint density at radius 1 is 0.919 bits per heavy atom. The first-order valence-corrected chi connectivity index (χ1v) is 13.3. The molecule has 0 bridgehead atoms. The lowest BCUT2D eigenvalue weighted by Gasteiger charge is -2.34. The fraction of sp³-hybridized carbons (Fsp3) is 0.760. The molecule has 0 aromatic heterocycles. The van der Waals surface area contributed by atoms with Gasteiger partial charge in [-0.3, -0.25) is 0 Å². The van der Waals surface area contributed by atoms with Gasteiger partial charge in [-0.1, -0.05) is 26.8 Å². The van der Waals surface area contributed by atoms with E-state index in [9.17, 15) is 35.1 Å². The molecule has 0 aliphatic heterocycles. The van der Waals surface area contributed by atoms with Gasteiger partial charge in [0.05, 0.1) is 30.5 Å². The summed E-state index contributed by atoms with van der Waals surface area (Å²) in [5.41, 5.74) is 0. The van der Waals surface area contributed by atoms with Crippen molar-refractivity contribution in [1.82, 2.24) is 5.32 Å². The van der Waals surface area contributed by atoms with E-state index in [0.717, 1.165) is 11.8 Å². The molecule has 0 spiro atoms. The monoisotopic (exact) mass is 547 g/mol. The smallest absolute Gasteiger partial charge is 0.408 e. The van der Waals surface area contributed by atoms with Crippen LogP contribution >= 0.6 is 11.8 Å². The van der Waals surface area contributed by atoms with E-state index in [1.165, 1.54) is 18.2 Å². The third kappa shape index (κ3) is 11.2. The summed E-state index contributed by atoms with van der Waals surface area (Å²) in [6.45, 7) is 9.05. The number of carbonyl (C=O) groups excluding carboxylic acids is 2. The van der Waals surface area contributed by atoms with Crippen LogP contribution in [0.1, 0.15) is 60.3 Å². The Kier molecular flexibility index (Phi) is 11.7. The molecule has 0 saturated heterocycles. The SMILES string of the molecule is CC(C)NC(=O)OC1CC(O)C(O)CC(O)/C=C/1OC1CC(OC(=O)SC(C)(C)C)/C=C/C(O)CC1O. The Labute approximate surface area is 221 Å². The molecule has 12 heteroatoms. The molecule has 0 fully saturated rings. The first-order valence-electron chi connectivity index (χ1n) is 12.5. The van der Waals surface area contributed by atoms with Crippen LogP contribution in [0.25, 0.3) is 0 Å². The molecule has 8 atom stereocenters. The van der Waals surface area contributed by atoms with Gasteiger partial charge >= 0.3 is 11.4 Å². The van der Waals surface area contributed by atoms with Gasteiger partial charge in [-0.2, -0.15) is 0 Å². The summed E-state index contributed by atoms with van der Waals surface area (Å²) in [6.07, 6.45) is -6.19. The molecule has 0 saturated carbocycles.